The molecule has 1 heterocycles. The smallest absolute Gasteiger partial charge is 0.326 e. The quantitative estimate of drug-likeness (QED) is 0.859. The van der Waals surface area contributed by atoms with Crippen molar-refractivity contribution in [2.45, 2.75) is 18.6 Å². The van der Waals surface area contributed by atoms with E-state index in [0.29, 0.717) is 0 Å². The maximum atomic E-state index is 14.2. The van der Waals surface area contributed by atoms with Crippen molar-refractivity contribution >= 4 is 27.6 Å². The van der Waals surface area contributed by atoms with Crippen LogP contribution in [0.3, 0.4) is 0 Å². The van der Waals surface area contributed by atoms with Crippen molar-refractivity contribution in [3.8, 4) is 6.07 Å². The minimum Gasteiger partial charge on any atom is -0.480 e. The minimum absolute atomic E-state index is 0.00183. The topological polar surface area (TPSA) is 84.6 Å². The van der Waals surface area contributed by atoms with Gasteiger partial charge in [0.1, 0.15) is 12.1 Å². The van der Waals surface area contributed by atoms with Crippen LogP contribution in [0, 0.1) is 17.1 Å². The van der Waals surface area contributed by atoms with Crippen LogP contribution in [0.15, 0.2) is 16.6 Å². The van der Waals surface area contributed by atoms with Crippen LogP contribution in [0.5, 0.6) is 0 Å². The number of carbonyl (C=O) groups is 1. The van der Waals surface area contributed by atoms with E-state index in [0.717, 1.165) is 0 Å². The van der Waals surface area contributed by atoms with Crippen molar-refractivity contribution in [2.75, 3.05) is 11.4 Å². The normalized spacial score (nSPS) is 22.3. The third-order valence-corrected chi connectivity index (χ3v) is 3.83. The summed E-state index contributed by atoms with van der Waals surface area (Å²) in [4.78, 5) is 12.4. The molecule has 0 aliphatic carbocycles. The molecule has 0 amide bonds. The van der Waals surface area contributed by atoms with Gasteiger partial charge in [0, 0.05) is 13.0 Å². The summed E-state index contributed by atoms with van der Waals surface area (Å²) in [6.07, 6.45) is -0.762. The molecule has 0 saturated carbocycles. The van der Waals surface area contributed by atoms with Crippen molar-refractivity contribution in [1.29, 1.82) is 5.26 Å². The fourth-order valence-electron chi connectivity index (χ4n) is 2.16. The largest absolute Gasteiger partial charge is 0.480 e. The average Bonchev–Trinajstić information content (AvgIpc) is 2.75. The van der Waals surface area contributed by atoms with Gasteiger partial charge in [-0.05, 0) is 28.1 Å². The summed E-state index contributed by atoms with van der Waals surface area (Å²) in [7, 11) is 0. The Balaban J connectivity index is 2.45. The Labute approximate surface area is 117 Å². The van der Waals surface area contributed by atoms with E-state index in [1.54, 1.807) is 0 Å². The summed E-state index contributed by atoms with van der Waals surface area (Å²) in [5, 5.41) is 27.4. The molecule has 0 radical (unpaired) electrons. The van der Waals surface area contributed by atoms with E-state index in [-0.39, 0.29) is 28.7 Å². The molecule has 1 aromatic rings. The van der Waals surface area contributed by atoms with Gasteiger partial charge >= 0.3 is 5.97 Å². The molecule has 1 aromatic carbocycles. The second kappa shape index (κ2) is 5.15. The summed E-state index contributed by atoms with van der Waals surface area (Å²) in [6.45, 7) is 0.0478. The fourth-order valence-corrected chi connectivity index (χ4v) is 2.59. The first-order valence-corrected chi connectivity index (χ1v) is 6.30. The number of β-amino-alcohol motifs (C(OH)–C–C–N with tert-alkyl or cyclic N) is 1. The van der Waals surface area contributed by atoms with Crippen LogP contribution in [0.1, 0.15) is 12.0 Å². The standard InChI is InChI=1S/C12H10BrFN2O3/c13-10-6(4-15)1-2-8(11(10)14)16-5-7(17)3-9(16)12(18)19/h1-2,7,9,17H,3,5H2,(H,18,19). The van der Waals surface area contributed by atoms with Crippen molar-refractivity contribution in [3.05, 3.63) is 28.0 Å². The van der Waals surface area contributed by atoms with Gasteiger partial charge in [0.25, 0.3) is 0 Å². The number of aliphatic hydroxyl groups excluding tert-OH is 1. The Morgan fingerprint density at radius 1 is 1.58 bits per heavy atom. The molecule has 1 aliphatic rings. The number of nitriles is 1. The van der Waals surface area contributed by atoms with E-state index in [4.69, 9.17) is 10.4 Å². The number of anilines is 1. The third-order valence-electron chi connectivity index (χ3n) is 3.06. The summed E-state index contributed by atoms with van der Waals surface area (Å²) >= 11 is 2.98. The van der Waals surface area contributed by atoms with E-state index in [1.165, 1.54) is 17.0 Å². The number of hydrogen-bond acceptors (Lipinski definition) is 4. The van der Waals surface area contributed by atoms with Gasteiger partial charge in [-0.25, -0.2) is 9.18 Å². The first-order valence-electron chi connectivity index (χ1n) is 5.51. The molecule has 100 valence electrons. The number of rotatable bonds is 2. The number of halogens is 2. The van der Waals surface area contributed by atoms with Gasteiger partial charge in [-0.3, -0.25) is 0 Å². The van der Waals surface area contributed by atoms with E-state index in [9.17, 15) is 14.3 Å². The van der Waals surface area contributed by atoms with Gasteiger partial charge in [0.05, 0.1) is 21.8 Å². The molecule has 19 heavy (non-hydrogen) atoms. The van der Waals surface area contributed by atoms with Crippen LogP contribution in [0.2, 0.25) is 0 Å². The minimum atomic E-state index is -1.11. The molecular weight excluding hydrogens is 319 g/mol. The zero-order chi connectivity index (χ0) is 14.2. The molecular formula is C12H10BrFN2O3. The number of nitrogens with zero attached hydrogens (tertiary/aromatic N) is 2. The Hall–Kier alpha value is -1.65. The molecule has 0 aromatic heterocycles. The lowest BCUT2D eigenvalue weighted by atomic mass is 10.1. The highest BCUT2D eigenvalue weighted by molar-refractivity contribution is 9.10. The molecule has 2 unspecified atom stereocenters. The molecule has 7 heteroatoms. The van der Waals surface area contributed by atoms with Crippen molar-refractivity contribution in [1.82, 2.24) is 0 Å². The predicted molar refractivity (Wildman–Crippen MR) is 68.2 cm³/mol. The molecule has 5 nitrogen and oxygen atoms in total. The second-order valence-electron chi connectivity index (χ2n) is 4.27. The van der Waals surface area contributed by atoms with Gasteiger partial charge in [0.2, 0.25) is 0 Å². The second-order valence-corrected chi connectivity index (χ2v) is 5.06. The Morgan fingerprint density at radius 3 is 2.84 bits per heavy atom. The molecule has 2 N–H and O–H groups in total. The monoisotopic (exact) mass is 328 g/mol. The first-order chi connectivity index (χ1) is 8.95. The fraction of sp³-hybridized carbons (Fsp3) is 0.333. The zero-order valence-electron chi connectivity index (χ0n) is 9.68. The van der Waals surface area contributed by atoms with Crippen LogP contribution in [0.25, 0.3) is 0 Å². The predicted octanol–water partition coefficient (Wildman–Crippen LogP) is 1.48. The molecule has 0 bridgehead atoms. The molecule has 0 spiro atoms. The highest BCUT2D eigenvalue weighted by Gasteiger charge is 2.37. The molecule has 2 atom stereocenters. The van der Waals surface area contributed by atoms with Crippen LogP contribution in [0.4, 0.5) is 10.1 Å². The summed E-state index contributed by atoms with van der Waals surface area (Å²) in [5.74, 6) is -1.81. The van der Waals surface area contributed by atoms with Gasteiger partial charge in [0.15, 0.2) is 5.82 Å². The lowest BCUT2D eigenvalue weighted by Crippen LogP contribution is -2.36. The molecule has 1 fully saturated rings. The van der Waals surface area contributed by atoms with Crippen LogP contribution in [-0.2, 0) is 4.79 Å². The summed E-state index contributed by atoms with van der Waals surface area (Å²) < 4.78 is 14.1. The lowest BCUT2D eigenvalue weighted by Gasteiger charge is -2.24. The highest BCUT2D eigenvalue weighted by atomic mass is 79.9. The van der Waals surface area contributed by atoms with E-state index in [1.807, 2.05) is 6.07 Å². The molecule has 1 aliphatic heterocycles. The number of aliphatic hydroxyl groups is 1. The maximum absolute atomic E-state index is 14.2. The summed E-state index contributed by atoms with van der Waals surface area (Å²) in [6, 6.07) is 3.62. The SMILES string of the molecule is N#Cc1ccc(N2CC(O)CC2C(=O)O)c(F)c1Br. The number of carboxylic acid groups (broad SMARTS) is 1. The third kappa shape index (κ3) is 2.41. The number of benzene rings is 1. The Kier molecular flexibility index (Phi) is 3.73. The number of aliphatic carboxylic acids is 1. The maximum Gasteiger partial charge on any atom is 0.326 e. The first kappa shape index (κ1) is 13.8. The van der Waals surface area contributed by atoms with Crippen LogP contribution in [-0.4, -0.2) is 34.9 Å². The number of hydrogen-bond donors (Lipinski definition) is 2. The van der Waals surface area contributed by atoms with Crippen molar-refractivity contribution in [3.63, 3.8) is 0 Å². The lowest BCUT2D eigenvalue weighted by molar-refractivity contribution is -0.138. The number of carboxylic acids is 1. The van der Waals surface area contributed by atoms with Crippen molar-refractivity contribution < 1.29 is 19.4 Å². The highest BCUT2D eigenvalue weighted by Crippen LogP contribution is 2.33. The van der Waals surface area contributed by atoms with Crippen LogP contribution < -0.4 is 4.90 Å². The van der Waals surface area contributed by atoms with E-state index >= 15 is 0 Å². The van der Waals surface area contributed by atoms with Crippen molar-refractivity contribution in [2.24, 2.45) is 0 Å². The Bertz CT molecular complexity index is 573. The van der Waals surface area contributed by atoms with Gasteiger partial charge in [-0.1, -0.05) is 0 Å². The summed E-state index contributed by atoms with van der Waals surface area (Å²) in [5.41, 5.74) is 0.197. The molecule has 1 saturated heterocycles. The average molecular weight is 329 g/mol. The zero-order valence-corrected chi connectivity index (χ0v) is 11.3. The van der Waals surface area contributed by atoms with Gasteiger partial charge in [-0.2, -0.15) is 5.26 Å². The molecule has 2 rings (SSSR count). The van der Waals surface area contributed by atoms with Gasteiger partial charge in [-0.15, -0.1) is 0 Å². The van der Waals surface area contributed by atoms with Crippen LogP contribution >= 0.6 is 15.9 Å². The van der Waals surface area contributed by atoms with E-state index < -0.39 is 23.9 Å². The van der Waals surface area contributed by atoms with Gasteiger partial charge < -0.3 is 15.1 Å². The van der Waals surface area contributed by atoms with E-state index in [2.05, 4.69) is 15.9 Å². The Morgan fingerprint density at radius 2 is 2.26 bits per heavy atom.